The second kappa shape index (κ2) is 6.11. The van der Waals surface area contributed by atoms with Crippen molar-refractivity contribution in [2.45, 2.75) is 37.0 Å². The van der Waals surface area contributed by atoms with Gasteiger partial charge in [-0.2, -0.15) is 0 Å². The molecule has 0 spiro atoms. The van der Waals surface area contributed by atoms with Crippen molar-refractivity contribution in [3.8, 4) is 0 Å². The standard InChI is InChI=1S/C13H19NO3S/c1-7-5-10(18-9(3)8(2)15)6-11(12(7)14)13(16)17-4/h5-6,8-9,15H,14H2,1-4H3. The fraction of sp³-hybridized carbons (Fsp3) is 0.462. The monoisotopic (exact) mass is 269 g/mol. The summed E-state index contributed by atoms with van der Waals surface area (Å²) in [5, 5.41) is 9.53. The van der Waals surface area contributed by atoms with Gasteiger partial charge in [0.1, 0.15) is 0 Å². The van der Waals surface area contributed by atoms with Gasteiger partial charge in [0.15, 0.2) is 0 Å². The lowest BCUT2D eigenvalue weighted by molar-refractivity contribution is 0.0601. The minimum atomic E-state index is -0.442. The molecule has 3 N–H and O–H groups in total. The number of aliphatic hydroxyl groups is 1. The van der Waals surface area contributed by atoms with Crippen LogP contribution in [-0.2, 0) is 4.74 Å². The number of methoxy groups -OCH3 is 1. The number of hydrogen-bond acceptors (Lipinski definition) is 5. The van der Waals surface area contributed by atoms with E-state index in [0.717, 1.165) is 10.5 Å². The minimum absolute atomic E-state index is 0.0403. The molecular formula is C13H19NO3S. The van der Waals surface area contributed by atoms with Gasteiger partial charge in [0.25, 0.3) is 0 Å². The normalized spacial score (nSPS) is 14.1. The van der Waals surface area contributed by atoms with Crippen LogP contribution >= 0.6 is 11.8 Å². The second-order valence-corrected chi connectivity index (χ2v) is 5.71. The van der Waals surface area contributed by atoms with E-state index in [1.54, 1.807) is 13.0 Å². The molecule has 2 unspecified atom stereocenters. The van der Waals surface area contributed by atoms with Gasteiger partial charge >= 0.3 is 5.97 Å². The predicted molar refractivity (Wildman–Crippen MR) is 73.9 cm³/mol. The van der Waals surface area contributed by atoms with Crippen molar-refractivity contribution in [1.29, 1.82) is 0 Å². The Bertz CT molecular complexity index is 446. The molecule has 4 nitrogen and oxygen atoms in total. The highest BCUT2D eigenvalue weighted by molar-refractivity contribution is 8.00. The van der Waals surface area contributed by atoms with Crippen LogP contribution < -0.4 is 5.73 Å². The van der Waals surface area contributed by atoms with Crippen molar-refractivity contribution < 1.29 is 14.6 Å². The zero-order valence-electron chi connectivity index (χ0n) is 11.1. The van der Waals surface area contributed by atoms with E-state index in [2.05, 4.69) is 0 Å². The molecule has 0 amide bonds. The van der Waals surface area contributed by atoms with Crippen molar-refractivity contribution >= 4 is 23.4 Å². The molecule has 100 valence electrons. The highest BCUT2D eigenvalue weighted by atomic mass is 32.2. The summed E-state index contributed by atoms with van der Waals surface area (Å²) in [5.74, 6) is -0.442. The molecule has 0 bridgehead atoms. The molecular weight excluding hydrogens is 250 g/mol. The van der Waals surface area contributed by atoms with Gasteiger partial charge in [0.05, 0.1) is 18.8 Å². The summed E-state index contributed by atoms with van der Waals surface area (Å²) in [7, 11) is 1.33. The SMILES string of the molecule is COC(=O)c1cc(SC(C)C(C)O)cc(C)c1N. The Balaban J connectivity index is 3.08. The topological polar surface area (TPSA) is 72.5 Å². The van der Waals surface area contributed by atoms with Crippen LogP contribution in [0.25, 0.3) is 0 Å². The average molecular weight is 269 g/mol. The van der Waals surface area contributed by atoms with E-state index in [9.17, 15) is 9.90 Å². The first-order valence-corrected chi connectivity index (χ1v) is 6.58. The Morgan fingerprint density at radius 1 is 1.44 bits per heavy atom. The lowest BCUT2D eigenvalue weighted by Gasteiger charge is -2.16. The Morgan fingerprint density at radius 3 is 2.56 bits per heavy atom. The smallest absolute Gasteiger partial charge is 0.340 e. The van der Waals surface area contributed by atoms with Crippen molar-refractivity contribution in [3.63, 3.8) is 0 Å². The Kier molecular flexibility index (Phi) is 5.04. The molecule has 0 fully saturated rings. The number of aliphatic hydroxyl groups excluding tert-OH is 1. The van der Waals surface area contributed by atoms with Crippen LogP contribution in [0.2, 0.25) is 0 Å². The van der Waals surface area contributed by atoms with E-state index >= 15 is 0 Å². The van der Waals surface area contributed by atoms with E-state index in [4.69, 9.17) is 10.5 Å². The molecule has 1 rings (SSSR count). The van der Waals surface area contributed by atoms with Gasteiger partial charge in [-0.15, -0.1) is 11.8 Å². The number of ether oxygens (including phenoxy) is 1. The molecule has 0 heterocycles. The Hall–Kier alpha value is -1.20. The first-order valence-electron chi connectivity index (χ1n) is 5.70. The molecule has 0 aromatic heterocycles. The summed E-state index contributed by atoms with van der Waals surface area (Å²) < 4.78 is 4.70. The summed E-state index contributed by atoms with van der Waals surface area (Å²) in [4.78, 5) is 12.5. The Morgan fingerprint density at radius 2 is 2.06 bits per heavy atom. The maximum absolute atomic E-state index is 11.6. The van der Waals surface area contributed by atoms with Gasteiger partial charge in [0, 0.05) is 15.8 Å². The number of esters is 1. The van der Waals surface area contributed by atoms with Crippen molar-refractivity contribution in [2.24, 2.45) is 0 Å². The number of rotatable bonds is 4. The number of benzene rings is 1. The molecule has 18 heavy (non-hydrogen) atoms. The van der Waals surface area contributed by atoms with Crippen LogP contribution in [-0.4, -0.2) is 29.5 Å². The highest BCUT2D eigenvalue weighted by Gasteiger charge is 2.16. The Labute approximate surface area is 112 Å². The summed E-state index contributed by atoms with van der Waals surface area (Å²) in [5.41, 5.74) is 7.50. The number of carbonyl (C=O) groups excluding carboxylic acids is 1. The van der Waals surface area contributed by atoms with E-state index < -0.39 is 12.1 Å². The van der Waals surface area contributed by atoms with Crippen LogP contribution in [0.15, 0.2) is 17.0 Å². The summed E-state index contributed by atoms with van der Waals surface area (Å²) >= 11 is 1.50. The number of hydrogen-bond donors (Lipinski definition) is 2. The third-order valence-corrected chi connectivity index (χ3v) is 4.04. The first-order chi connectivity index (χ1) is 8.36. The number of carbonyl (C=O) groups is 1. The van der Waals surface area contributed by atoms with E-state index in [0.29, 0.717) is 11.3 Å². The molecule has 0 radical (unpaired) electrons. The molecule has 5 heteroatoms. The lowest BCUT2D eigenvalue weighted by atomic mass is 10.1. The maximum atomic E-state index is 11.6. The van der Waals surface area contributed by atoms with Crippen LogP contribution in [0.4, 0.5) is 5.69 Å². The van der Waals surface area contributed by atoms with Crippen LogP contribution in [0, 0.1) is 6.92 Å². The van der Waals surface area contributed by atoms with Crippen LogP contribution in [0.3, 0.4) is 0 Å². The fourth-order valence-electron chi connectivity index (χ4n) is 1.43. The van der Waals surface area contributed by atoms with E-state index in [-0.39, 0.29) is 5.25 Å². The summed E-state index contributed by atoms with van der Waals surface area (Å²) in [6, 6.07) is 3.61. The van der Waals surface area contributed by atoms with Gasteiger partial charge in [-0.05, 0) is 31.5 Å². The number of aryl methyl sites for hydroxylation is 1. The summed E-state index contributed by atoms with van der Waals surface area (Å²) in [6.07, 6.45) is -0.422. The molecule has 0 aliphatic carbocycles. The van der Waals surface area contributed by atoms with Crippen molar-refractivity contribution in [2.75, 3.05) is 12.8 Å². The first kappa shape index (κ1) is 14.9. The van der Waals surface area contributed by atoms with Crippen LogP contribution in [0.1, 0.15) is 29.8 Å². The predicted octanol–water partition coefficient (Wildman–Crippen LogP) is 2.23. The highest BCUT2D eigenvalue weighted by Crippen LogP contribution is 2.30. The molecule has 1 aromatic rings. The average Bonchev–Trinajstić information content (AvgIpc) is 2.32. The number of nitrogen functional groups attached to an aromatic ring is 1. The third kappa shape index (κ3) is 3.40. The second-order valence-electron chi connectivity index (χ2n) is 4.26. The third-order valence-electron chi connectivity index (χ3n) is 2.77. The minimum Gasteiger partial charge on any atom is -0.465 e. The molecule has 1 aromatic carbocycles. The molecule has 0 saturated carbocycles. The molecule has 0 aliphatic rings. The number of thioether (sulfide) groups is 1. The zero-order chi connectivity index (χ0) is 13.9. The zero-order valence-corrected chi connectivity index (χ0v) is 11.9. The molecule has 2 atom stereocenters. The lowest BCUT2D eigenvalue weighted by Crippen LogP contribution is -2.15. The van der Waals surface area contributed by atoms with Gasteiger partial charge in [-0.3, -0.25) is 0 Å². The largest absolute Gasteiger partial charge is 0.465 e. The molecule has 0 aliphatic heterocycles. The van der Waals surface area contributed by atoms with Gasteiger partial charge < -0.3 is 15.6 Å². The van der Waals surface area contributed by atoms with Gasteiger partial charge in [-0.25, -0.2) is 4.79 Å². The van der Waals surface area contributed by atoms with Crippen molar-refractivity contribution in [3.05, 3.63) is 23.3 Å². The quantitative estimate of drug-likeness (QED) is 0.498. The fourth-order valence-corrected chi connectivity index (χ4v) is 2.48. The van der Waals surface area contributed by atoms with Gasteiger partial charge in [-0.1, -0.05) is 6.92 Å². The van der Waals surface area contributed by atoms with E-state index in [1.165, 1.54) is 18.9 Å². The van der Waals surface area contributed by atoms with Crippen LogP contribution in [0.5, 0.6) is 0 Å². The number of anilines is 1. The summed E-state index contributed by atoms with van der Waals surface area (Å²) in [6.45, 7) is 5.51. The van der Waals surface area contributed by atoms with Gasteiger partial charge in [0.2, 0.25) is 0 Å². The maximum Gasteiger partial charge on any atom is 0.340 e. The number of nitrogens with two attached hydrogens (primary N) is 1. The van der Waals surface area contributed by atoms with E-state index in [1.807, 2.05) is 19.9 Å². The molecule has 0 saturated heterocycles. The van der Waals surface area contributed by atoms with Crippen molar-refractivity contribution in [1.82, 2.24) is 0 Å².